The number of carbonyl (C=O) groups is 1. The zero-order chi connectivity index (χ0) is 22.9. The van der Waals surface area contributed by atoms with Crippen LogP contribution in [0.5, 0.6) is 0 Å². The first-order chi connectivity index (χ1) is 15.2. The van der Waals surface area contributed by atoms with Gasteiger partial charge in [-0.05, 0) is 36.8 Å². The molecule has 0 fully saturated rings. The van der Waals surface area contributed by atoms with E-state index in [-0.39, 0.29) is 11.4 Å². The average Bonchev–Trinajstić information content (AvgIpc) is 3.35. The Kier molecular flexibility index (Phi) is 5.70. The fourth-order valence-corrected chi connectivity index (χ4v) is 3.18. The topological polar surface area (TPSA) is 77.6 Å². The largest absolute Gasteiger partial charge is 0.417 e. The lowest BCUT2D eigenvalue weighted by molar-refractivity contribution is -0.137. The molecule has 1 N–H and O–H groups in total. The van der Waals surface area contributed by atoms with Gasteiger partial charge in [-0.15, -0.1) is 0 Å². The second kappa shape index (κ2) is 8.46. The van der Waals surface area contributed by atoms with Crippen molar-refractivity contribution in [2.75, 3.05) is 5.32 Å². The molecule has 32 heavy (non-hydrogen) atoms. The molecule has 0 aliphatic heterocycles. The number of nitrogens with zero attached hydrogens (tertiary/aromatic N) is 5. The summed E-state index contributed by atoms with van der Waals surface area (Å²) in [5.74, 6) is 0.214. The predicted molar refractivity (Wildman–Crippen MR) is 112 cm³/mol. The first-order valence-corrected chi connectivity index (χ1v) is 9.76. The van der Waals surface area contributed by atoms with Crippen LogP contribution in [0.4, 0.5) is 19.0 Å². The summed E-state index contributed by atoms with van der Waals surface area (Å²) in [6, 6.07) is 11.0. The van der Waals surface area contributed by atoms with Gasteiger partial charge in [0.15, 0.2) is 5.82 Å². The van der Waals surface area contributed by atoms with Crippen LogP contribution in [0.3, 0.4) is 0 Å². The third-order valence-electron chi connectivity index (χ3n) is 4.75. The number of halogens is 4. The molecule has 11 heteroatoms. The first-order valence-electron chi connectivity index (χ1n) is 9.38. The normalized spacial score (nSPS) is 11.5. The third kappa shape index (κ3) is 4.50. The Morgan fingerprint density at radius 2 is 1.81 bits per heavy atom. The summed E-state index contributed by atoms with van der Waals surface area (Å²) in [6.45, 7) is 2.06. The highest BCUT2D eigenvalue weighted by molar-refractivity contribution is 6.30. The summed E-state index contributed by atoms with van der Waals surface area (Å²) in [7, 11) is 0. The van der Waals surface area contributed by atoms with Crippen molar-refractivity contribution in [3.05, 3.63) is 88.5 Å². The number of pyridine rings is 1. The molecular formula is C21H16ClF3N6O. The summed E-state index contributed by atoms with van der Waals surface area (Å²) in [4.78, 5) is 16.6. The van der Waals surface area contributed by atoms with Crippen molar-refractivity contribution in [3.63, 3.8) is 0 Å². The van der Waals surface area contributed by atoms with Crippen LogP contribution < -0.4 is 5.32 Å². The standard InChI is InChI=1S/C21H16ClF3N6O/c1-13-17(11-28-31(13)18-7-4-15(10-26-18)21(23,24)25)20(32)29-19-8-9-27-30(19)12-14-2-5-16(22)6-3-14/h2-11H,12H2,1H3,(H,29,32). The highest BCUT2D eigenvalue weighted by Crippen LogP contribution is 2.29. The van der Waals surface area contributed by atoms with Crippen LogP contribution in [0.2, 0.25) is 5.02 Å². The molecular weight excluding hydrogens is 445 g/mol. The van der Waals surface area contributed by atoms with E-state index in [1.165, 1.54) is 16.9 Å². The van der Waals surface area contributed by atoms with Crippen LogP contribution in [0.25, 0.3) is 5.82 Å². The Hall–Kier alpha value is -3.66. The summed E-state index contributed by atoms with van der Waals surface area (Å²) in [5.41, 5.74) is 0.772. The van der Waals surface area contributed by atoms with Crippen molar-refractivity contribution in [1.29, 1.82) is 0 Å². The Labute approximate surface area is 185 Å². The molecule has 1 amide bonds. The second-order valence-corrected chi connectivity index (χ2v) is 7.35. The molecule has 0 saturated heterocycles. The zero-order valence-corrected chi connectivity index (χ0v) is 17.4. The van der Waals surface area contributed by atoms with Gasteiger partial charge < -0.3 is 5.32 Å². The molecule has 0 saturated carbocycles. The molecule has 3 aromatic heterocycles. The number of anilines is 1. The summed E-state index contributed by atoms with van der Waals surface area (Å²) in [5, 5.41) is 11.7. The molecule has 4 aromatic rings. The average molecular weight is 461 g/mol. The Bertz CT molecular complexity index is 1250. The highest BCUT2D eigenvalue weighted by Gasteiger charge is 2.30. The van der Waals surface area contributed by atoms with Gasteiger partial charge in [0.2, 0.25) is 0 Å². The van der Waals surface area contributed by atoms with Gasteiger partial charge in [-0.2, -0.15) is 23.4 Å². The van der Waals surface area contributed by atoms with Gasteiger partial charge in [-0.3, -0.25) is 4.79 Å². The third-order valence-corrected chi connectivity index (χ3v) is 5.00. The first kappa shape index (κ1) is 21.6. The number of aromatic nitrogens is 5. The molecule has 0 radical (unpaired) electrons. The number of benzene rings is 1. The van der Waals surface area contributed by atoms with Gasteiger partial charge in [0.25, 0.3) is 5.91 Å². The van der Waals surface area contributed by atoms with E-state index in [4.69, 9.17) is 11.6 Å². The molecule has 0 aliphatic rings. The van der Waals surface area contributed by atoms with Crippen LogP contribution in [-0.4, -0.2) is 30.5 Å². The Balaban J connectivity index is 1.51. The lowest BCUT2D eigenvalue weighted by atomic mass is 10.2. The SMILES string of the molecule is Cc1c(C(=O)Nc2ccnn2Cc2ccc(Cl)cc2)cnn1-c1ccc(C(F)(F)F)cn1. The maximum absolute atomic E-state index is 12.8. The van der Waals surface area contributed by atoms with Crippen molar-refractivity contribution in [2.24, 2.45) is 0 Å². The molecule has 0 atom stereocenters. The zero-order valence-electron chi connectivity index (χ0n) is 16.6. The van der Waals surface area contributed by atoms with E-state index in [1.54, 1.807) is 36.0 Å². The molecule has 3 heterocycles. The van der Waals surface area contributed by atoms with E-state index in [2.05, 4.69) is 20.5 Å². The number of nitrogens with one attached hydrogen (secondary N) is 1. The lowest BCUT2D eigenvalue weighted by Crippen LogP contribution is -2.17. The van der Waals surface area contributed by atoms with E-state index < -0.39 is 17.6 Å². The molecule has 4 rings (SSSR count). The van der Waals surface area contributed by atoms with Crippen LogP contribution in [-0.2, 0) is 12.7 Å². The van der Waals surface area contributed by atoms with Gasteiger partial charge in [0.1, 0.15) is 5.82 Å². The summed E-state index contributed by atoms with van der Waals surface area (Å²) >= 11 is 5.91. The number of carbonyl (C=O) groups excluding carboxylic acids is 1. The van der Waals surface area contributed by atoms with Crippen molar-refractivity contribution >= 4 is 23.3 Å². The Morgan fingerprint density at radius 3 is 2.47 bits per heavy atom. The summed E-state index contributed by atoms with van der Waals surface area (Å²) in [6.07, 6.45) is -0.853. The number of amides is 1. The smallest absolute Gasteiger partial charge is 0.307 e. The van der Waals surface area contributed by atoms with Crippen LogP contribution in [0.1, 0.15) is 27.2 Å². The molecule has 0 aliphatic carbocycles. The molecule has 0 unspecified atom stereocenters. The molecule has 0 spiro atoms. The fraction of sp³-hybridized carbons (Fsp3) is 0.143. The monoisotopic (exact) mass is 460 g/mol. The number of rotatable bonds is 5. The molecule has 164 valence electrons. The number of hydrogen-bond acceptors (Lipinski definition) is 4. The van der Waals surface area contributed by atoms with Crippen LogP contribution in [0.15, 0.2) is 61.1 Å². The molecule has 1 aromatic carbocycles. The maximum Gasteiger partial charge on any atom is 0.417 e. The van der Waals surface area contributed by atoms with E-state index in [0.29, 0.717) is 23.1 Å². The quantitative estimate of drug-likeness (QED) is 0.466. The Morgan fingerprint density at radius 1 is 1.06 bits per heavy atom. The van der Waals surface area contributed by atoms with Crippen molar-refractivity contribution in [2.45, 2.75) is 19.6 Å². The number of alkyl halides is 3. The van der Waals surface area contributed by atoms with E-state index in [1.807, 2.05) is 12.1 Å². The molecule has 0 bridgehead atoms. The lowest BCUT2D eigenvalue weighted by Gasteiger charge is -2.10. The van der Waals surface area contributed by atoms with E-state index in [9.17, 15) is 18.0 Å². The summed E-state index contributed by atoms with van der Waals surface area (Å²) < 4.78 is 41.2. The minimum Gasteiger partial charge on any atom is -0.307 e. The van der Waals surface area contributed by atoms with Crippen LogP contribution >= 0.6 is 11.6 Å². The predicted octanol–water partition coefficient (Wildman–Crippen LogP) is 4.75. The van der Waals surface area contributed by atoms with Crippen molar-refractivity contribution in [3.8, 4) is 5.82 Å². The maximum atomic E-state index is 12.8. The van der Waals surface area contributed by atoms with E-state index in [0.717, 1.165) is 17.8 Å². The minimum absolute atomic E-state index is 0.169. The minimum atomic E-state index is -4.48. The highest BCUT2D eigenvalue weighted by atomic mass is 35.5. The second-order valence-electron chi connectivity index (χ2n) is 6.91. The van der Waals surface area contributed by atoms with Gasteiger partial charge in [-0.1, -0.05) is 23.7 Å². The van der Waals surface area contributed by atoms with Crippen LogP contribution in [0, 0.1) is 6.92 Å². The van der Waals surface area contributed by atoms with Gasteiger partial charge in [0, 0.05) is 17.3 Å². The van der Waals surface area contributed by atoms with Crippen molar-refractivity contribution < 1.29 is 18.0 Å². The molecule has 7 nitrogen and oxygen atoms in total. The van der Waals surface area contributed by atoms with Gasteiger partial charge in [-0.25, -0.2) is 14.3 Å². The fourth-order valence-electron chi connectivity index (χ4n) is 3.05. The van der Waals surface area contributed by atoms with Crippen molar-refractivity contribution in [1.82, 2.24) is 24.5 Å². The van der Waals surface area contributed by atoms with Gasteiger partial charge >= 0.3 is 6.18 Å². The van der Waals surface area contributed by atoms with Gasteiger partial charge in [0.05, 0.1) is 35.8 Å². The number of hydrogen-bond donors (Lipinski definition) is 1. The van der Waals surface area contributed by atoms with E-state index >= 15 is 0 Å².